The lowest BCUT2D eigenvalue weighted by Gasteiger charge is -2.02. The molecular formula is C32H19N3O. The number of benzene rings is 5. The van der Waals surface area contributed by atoms with E-state index >= 15 is 0 Å². The summed E-state index contributed by atoms with van der Waals surface area (Å²) in [5.74, 6) is 0.939. The Kier molecular flexibility index (Phi) is 3.20. The lowest BCUT2D eigenvalue weighted by molar-refractivity contribution is 0.672. The molecule has 5 aromatic carbocycles. The largest absolute Gasteiger partial charge is 0.452 e. The van der Waals surface area contributed by atoms with Crippen molar-refractivity contribution in [2.45, 2.75) is 0 Å². The first kappa shape index (κ1) is 18.5. The Morgan fingerprint density at radius 2 is 1.19 bits per heavy atom. The molecule has 0 radical (unpaired) electrons. The van der Waals surface area contributed by atoms with Crippen LogP contribution in [-0.2, 0) is 7.05 Å². The van der Waals surface area contributed by atoms with Gasteiger partial charge in [0.1, 0.15) is 11.3 Å². The minimum absolute atomic E-state index is 0.886. The normalized spacial score (nSPS) is 12.6. The fourth-order valence-corrected chi connectivity index (χ4v) is 6.33. The van der Waals surface area contributed by atoms with Gasteiger partial charge in [0.05, 0.1) is 22.1 Å². The predicted molar refractivity (Wildman–Crippen MR) is 148 cm³/mol. The molecule has 9 aromatic rings. The first-order valence-electron chi connectivity index (χ1n) is 12.2. The summed E-state index contributed by atoms with van der Waals surface area (Å²) in [6.07, 6.45) is 0. The zero-order chi connectivity index (χ0) is 23.5. The van der Waals surface area contributed by atoms with Gasteiger partial charge in [-0.2, -0.15) is 0 Å². The average Bonchev–Trinajstić information content (AvgIpc) is 3.65. The third-order valence-electron chi connectivity index (χ3n) is 7.86. The highest BCUT2D eigenvalue weighted by Gasteiger charge is 2.23. The summed E-state index contributed by atoms with van der Waals surface area (Å²) in [5, 5.41) is 7.29. The second kappa shape index (κ2) is 6.23. The Bertz CT molecular complexity index is 2320. The SMILES string of the molecule is Cn1c(-c2ccccc2)nc2ccc3c4ccc5c6cccc7c8ccccc8n(c76)c5c4oc3c21. The minimum atomic E-state index is 0.886. The Labute approximate surface area is 204 Å². The molecule has 36 heavy (non-hydrogen) atoms. The minimum Gasteiger partial charge on any atom is -0.452 e. The van der Waals surface area contributed by atoms with Crippen LogP contribution in [0.2, 0.25) is 0 Å². The number of fused-ring (bicyclic) bond motifs is 12. The summed E-state index contributed by atoms with van der Waals surface area (Å²) in [4.78, 5) is 4.97. The van der Waals surface area contributed by atoms with Gasteiger partial charge < -0.3 is 13.4 Å². The third-order valence-corrected chi connectivity index (χ3v) is 7.86. The maximum Gasteiger partial charge on any atom is 0.161 e. The fraction of sp³-hybridized carbons (Fsp3) is 0.0312. The van der Waals surface area contributed by atoms with E-state index < -0.39 is 0 Å². The van der Waals surface area contributed by atoms with E-state index in [1.165, 1.54) is 32.6 Å². The Morgan fingerprint density at radius 1 is 0.556 bits per heavy atom. The van der Waals surface area contributed by atoms with E-state index in [2.05, 4.69) is 107 Å². The van der Waals surface area contributed by atoms with Crippen LogP contribution in [0.1, 0.15) is 0 Å². The number of aromatic nitrogens is 3. The molecule has 0 aliphatic heterocycles. The van der Waals surface area contributed by atoms with Crippen LogP contribution < -0.4 is 0 Å². The Hall–Kier alpha value is -4.83. The molecular weight excluding hydrogens is 442 g/mol. The van der Waals surface area contributed by atoms with Gasteiger partial charge in [0.15, 0.2) is 11.2 Å². The van der Waals surface area contributed by atoms with Gasteiger partial charge in [0, 0.05) is 44.9 Å². The Balaban J connectivity index is 1.49. The molecule has 0 amide bonds. The van der Waals surface area contributed by atoms with E-state index in [-0.39, 0.29) is 0 Å². The van der Waals surface area contributed by atoms with Gasteiger partial charge >= 0.3 is 0 Å². The first-order chi connectivity index (χ1) is 17.8. The summed E-state index contributed by atoms with van der Waals surface area (Å²) in [6, 6.07) is 34.3. The quantitative estimate of drug-likeness (QED) is 0.246. The summed E-state index contributed by atoms with van der Waals surface area (Å²) in [7, 11) is 2.08. The zero-order valence-corrected chi connectivity index (χ0v) is 19.5. The van der Waals surface area contributed by atoms with Gasteiger partial charge in [-0.05, 0) is 24.3 Å². The van der Waals surface area contributed by atoms with Crippen molar-refractivity contribution in [1.29, 1.82) is 0 Å². The van der Waals surface area contributed by atoms with Crippen molar-refractivity contribution in [2.24, 2.45) is 7.05 Å². The molecule has 0 atom stereocenters. The lowest BCUT2D eigenvalue weighted by Crippen LogP contribution is -1.92. The summed E-state index contributed by atoms with van der Waals surface area (Å²) in [6.45, 7) is 0. The predicted octanol–water partition coefficient (Wildman–Crippen LogP) is 8.29. The van der Waals surface area contributed by atoms with Crippen molar-refractivity contribution in [3.63, 3.8) is 0 Å². The van der Waals surface area contributed by atoms with Gasteiger partial charge in [-0.15, -0.1) is 0 Å². The Morgan fingerprint density at radius 3 is 2.06 bits per heavy atom. The number of nitrogens with zero attached hydrogens (tertiary/aromatic N) is 3. The highest BCUT2D eigenvalue weighted by molar-refractivity contribution is 6.28. The fourth-order valence-electron chi connectivity index (χ4n) is 6.33. The molecule has 4 nitrogen and oxygen atoms in total. The summed E-state index contributed by atoms with van der Waals surface area (Å²) < 4.78 is 11.4. The van der Waals surface area contributed by atoms with Crippen molar-refractivity contribution in [1.82, 2.24) is 14.0 Å². The zero-order valence-electron chi connectivity index (χ0n) is 19.5. The third kappa shape index (κ3) is 2.05. The van der Waals surface area contributed by atoms with Crippen LogP contribution in [0.5, 0.6) is 0 Å². The number of hydrogen-bond donors (Lipinski definition) is 0. The number of imidazole rings is 1. The molecule has 4 heteroatoms. The van der Waals surface area contributed by atoms with Crippen LogP contribution in [0.4, 0.5) is 0 Å². The molecule has 0 saturated carbocycles. The van der Waals surface area contributed by atoms with Gasteiger partial charge in [-0.3, -0.25) is 0 Å². The monoisotopic (exact) mass is 461 g/mol. The maximum atomic E-state index is 6.84. The summed E-state index contributed by atoms with van der Waals surface area (Å²) >= 11 is 0. The van der Waals surface area contributed by atoms with Gasteiger partial charge in [0.2, 0.25) is 0 Å². The van der Waals surface area contributed by atoms with Crippen molar-refractivity contribution in [2.75, 3.05) is 0 Å². The van der Waals surface area contributed by atoms with Gasteiger partial charge in [0.25, 0.3) is 0 Å². The number of hydrogen-bond acceptors (Lipinski definition) is 2. The van der Waals surface area contributed by atoms with Crippen LogP contribution in [-0.4, -0.2) is 14.0 Å². The van der Waals surface area contributed by atoms with E-state index in [0.29, 0.717) is 0 Å². The summed E-state index contributed by atoms with van der Waals surface area (Å²) in [5.41, 5.74) is 8.48. The van der Waals surface area contributed by atoms with E-state index in [1.54, 1.807) is 0 Å². The number of furan rings is 1. The van der Waals surface area contributed by atoms with E-state index in [4.69, 9.17) is 9.40 Å². The molecule has 4 heterocycles. The smallest absolute Gasteiger partial charge is 0.161 e. The van der Waals surface area contributed by atoms with Crippen LogP contribution in [0, 0.1) is 0 Å². The number of rotatable bonds is 1. The molecule has 4 aromatic heterocycles. The lowest BCUT2D eigenvalue weighted by atomic mass is 10.1. The maximum absolute atomic E-state index is 6.84. The standard InChI is InChI=1S/C32H19N3O/c1-34-29-25(33-32(34)18-8-3-2-4-9-18)17-16-24-23-15-14-22-21-12-7-11-20-19-10-5-6-13-26(19)35(27(20)21)28(22)30(23)36-31(24)29/h2-17H,1H3. The molecule has 0 spiro atoms. The highest BCUT2D eigenvalue weighted by Crippen LogP contribution is 2.44. The molecule has 0 fully saturated rings. The van der Waals surface area contributed by atoms with Crippen LogP contribution in [0.25, 0.3) is 82.5 Å². The molecule has 0 aliphatic rings. The second-order valence-corrected chi connectivity index (χ2v) is 9.67. The van der Waals surface area contributed by atoms with Crippen molar-refractivity contribution in [3.05, 3.63) is 97.1 Å². The molecule has 168 valence electrons. The topological polar surface area (TPSA) is 35.4 Å². The first-order valence-corrected chi connectivity index (χ1v) is 12.2. The van der Waals surface area contributed by atoms with Crippen LogP contribution >= 0.6 is 0 Å². The highest BCUT2D eigenvalue weighted by atomic mass is 16.3. The van der Waals surface area contributed by atoms with E-state index in [1.807, 2.05) is 6.07 Å². The molecule has 0 aliphatic carbocycles. The molecule has 0 saturated heterocycles. The number of para-hydroxylation sites is 2. The van der Waals surface area contributed by atoms with E-state index in [0.717, 1.165) is 49.9 Å². The number of aryl methyl sites for hydroxylation is 1. The van der Waals surface area contributed by atoms with Gasteiger partial charge in [-0.25, -0.2) is 4.98 Å². The van der Waals surface area contributed by atoms with Crippen molar-refractivity contribution >= 4 is 71.1 Å². The molecule has 0 N–H and O–H groups in total. The van der Waals surface area contributed by atoms with E-state index in [9.17, 15) is 0 Å². The molecule has 9 rings (SSSR count). The van der Waals surface area contributed by atoms with Crippen LogP contribution in [0.3, 0.4) is 0 Å². The average molecular weight is 462 g/mol. The van der Waals surface area contributed by atoms with Crippen molar-refractivity contribution < 1.29 is 4.42 Å². The van der Waals surface area contributed by atoms with Crippen LogP contribution in [0.15, 0.2) is 101 Å². The second-order valence-electron chi connectivity index (χ2n) is 9.67. The van der Waals surface area contributed by atoms with Crippen molar-refractivity contribution in [3.8, 4) is 11.4 Å². The molecule has 0 unspecified atom stereocenters. The molecule has 0 bridgehead atoms. The van der Waals surface area contributed by atoms with Gasteiger partial charge in [-0.1, -0.05) is 72.8 Å².